The van der Waals surface area contributed by atoms with Gasteiger partial charge in [-0.15, -0.1) is 0 Å². The number of hydrogen-bond donors (Lipinski definition) is 2. The molecular formula is C12H16N2O5. The molecule has 1 amide bonds. The second kappa shape index (κ2) is 5.40. The van der Waals surface area contributed by atoms with Gasteiger partial charge in [-0.1, -0.05) is 18.0 Å². The Labute approximate surface area is 109 Å². The van der Waals surface area contributed by atoms with Gasteiger partial charge < -0.3 is 19.7 Å². The van der Waals surface area contributed by atoms with E-state index in [0.717, 1.165) is 12.8 Å². The molecule has 19 heavy (non-hydrogen) atoms. The van der Waals surface area contributed by atoms with Gasteiger partial charge in [0.05, 0.1) is 0 Å². The largest absolute Gasteiger partial charge is 0.480 e. The van der Waals surface area contributed by atoms with E-state index in [0.29, 0.717) is 18.6 Å². The lowest BCUT2D eigenvalue weighted by Crippen LogP contribution is -2.52. The minimum Gasteiger partial charge on any atom is -0.480 e. The van der Waals surface area contributed by atoms with E-state index in [1.165, 1.54) is 13.2 Å². The third-order valence-corrected chi connectivity index (χ3v) is 3.30. The average Bonchev–Trinajstić information content (AvgIpc) is 2.99. The highest BCUT2D eigenvalue weighted by Gasteiger charge is 2.43. The number of rotatable bonds is 5. The van der Waals surface area contributed by atoms with Crippen molar-refractivity contribution >= 4 is 11.9 Å². The molecule has 0 aromatic carbocycles. The summed E-state index contributed by atoms with van der Waals surface area (Å²) in [7, 11) is 1.50. The highest BCUT2D eigenvalue weighted by Crippen LogP contribution is 2.30. The van der Waals surface area contributed by atoms with Crippen LogP contribution in [0.1, 0.15) is 41.9 Å². The van der Waals surface area contributed by atoms with Crippen molar-refractivity contribution < 1.29 is 24.0 Å². The molecule has 0 bridgehead atoms. The second-order valence-corrected chi connectivity index (χ2v) is 4.66. The molecular weight excluding hydrogens is 252 g/mol. The van der Waals surface area contributed by atoms with Gasteiger partial charge in [0.15, 0.2) is 11.5 Å². The molecule has 0 radical (unpaired) electrons. The normalized spacial score (nSPS) is 17.3. The Balaban J connectivity index is 2.08. The van der Waals surface area contributed by atoms with Crippen LogP contribution in [0.4, 0.5) is 0 Å². The number of carboxylic acid groups (broad SMARTS) is 1. The quantitative estimate of drug-likeness (QED) is 0.824. The SMILES string of the molecule is COCc1cc(C(=O)NC2(C(=O)O)CCCC2)no1. The Hall–Kier alpha value is -1.89. The Morgan fingerprint density at radius 1 is 1.53 bits per heavy atom. The fourth-order valence-electron chi connectivity index (χ4n) is 2.28. The summed E-state index contributed by atoms with van der Waals surface area (Å²) in [5, 5.41) is 15.4. The molecule has 0 atom stereocenters. The molecule has 1 aliphatic carbocycles. The van der Waals surface area contributed by atoms with E-state index in [1.54, 1.807) is 0 Å². The Morgan fingerprint density at radius 3 is 2.79 bits per heavy atom. The summed E-state index contributed by atoms with van der Waals surface area (Å²) >= 11 is 0. The molecule has 0 saturated heterocycles. The van der Waals surface area contributed by atoms with Gasteiger partial charge in [0.25, 0.3) is 5.91 Å². The zero-order valence-corrected chi connectivity index (χ0v) is 10.6. The topological polar surface area (TPSA) is 102 Å². The standard InChI is InChI=1S/C12H16N2O5/c1-18-7-8-6-9(14-19-8)10(15)13-12(11(16)17)4-2-3-5-12/h6H,2-5,7H2,1H3,(H,13,15)(H,16,17). The van der Waals surface area contributed by atoms with Gasteiger partial charge in [-0.05, 0) is 12.8 Å². The van der Waals surface area contributed by atoms with Gasteiger partial charge in [0, 0.05) is 13.2 Å². The molecule has 0 spiro atoms. The third-order valence-electron chi connectivity index (χ3n) is 3.30. The zero-order chi connectivity index (χ0) is 13.9. The Kier molecular flexibility index (Phi) is 3.84. The maximum absolute atomic E-state index is 12.0. The van der Waals surface area contributed by atoms with Gasteiger partial charge in [0.1, 0.15) is 12.1 Å². The van der Waals surface area contributed by atoms with Gasteiger partial charge in [-0.3, -0.25) is 4.79 Å². The van der Waals surface area contributed by atoms with E-state index in [1.807, 2.05) is 0 Å². The van der Waals surface area contributed by atoms with E-state index in [9.17, 15) is 14.7 Å². The summed E-state index contributed by atoms with van der Waals surface area (Å²) < 4.78 is 9.75. The number of carbonyl (C=O) groups excluding carboxylic acids is 1. The maximum atomic E-state index is 12.0. The first-order chi connectivity index (χ1) is 9.07. The van der Waals surface area contributed by atoms with Crippen LogP contribution in [-0.2, 0) is 16.1 Å². The zero-order valence-electron chi connectivity index (χ0n) is 10.6. The first-order valence-corrected chi connectivity index (χ1v) is 6.08. The molecule has 0 unspecified atom stereocenters. The lowest BCUT2D eigenvalue weighted by molar-refractivity contribution is -0.144. The van der Waals surface area contributed by atoms with Crippen molar-refractivity contribution in [3.05, 3.63) is 17.5 Å². The van der Waals surface area contributed by atoms with Crippen molar-refractivity contribution in [2.24, 2.45) is 0 Å². The van der Waals surface area contributed by atoms with Crippen LogP contribution in [-0.4, -0.2) is 34.8 Å². The summed E-state index contributed by atoms with van der Waals surface area (Å²) in [6.45, 7) is 0.213. The molecule has 2 rings (SSSR count). The molecule has 1 fully saturated rings. The van der Waals surface area contributed by atoms with Crippen molar-refractivity contribution in [2.45, 2.75) is 37.8 Å². The van der Waals surface area contributed by atoms with Crippen LogP contribution >= 0.6 is 0 Å². The lowest BCUT2D eigenvalue weighted by atomic mass is 9.97. The number of amides is 1. The Bertz CT molecular complexity index is 476. The third kappa shape index (κ3) is 2.76. The van der Waals surface area contributed by atoms with Crippen LogP contribution in [0.2, 0.25) is 0 Å². The van der Waals surface area contributed by atoms with Gasteiger partial charge in [-0.25, -0.2) is 4.79 Å². The number of aromatic nitrogens is 1. The number of carboxylic acids is 1. The molecule has 1 saturated carbocycles. The smallest absolute Gasteiger partial charge is 0.329 e. The van der Waals surface area contributed by atoms with Crippen LogP contribution < -0.4 is 5.32 Å². The highest BCUT2D eigenvalue weighted by molar-refractivity contribution is 5.96. The average molecular weight is 268 g/mol. The van der Waals surface area contributed by atoms with E-state index in [-0.39, 0.29) is 12.3 Å². The summed E-state index contributed by atoms with van der Waals surface area (Å²) in [6.07, 6.45) is 2.47. The minimum atomic E-state index is -1.17. The number of methoxy groups -OCH3 is 1. The maximum Gasteiger partial charge on any atom is 0.329 e. The molecule has 2 N–H and O–H groups in total. The number of ether oxygens (including phenoxy) is 1. The molecule has 0 aliphatic heterocycles. The van der Waals surface area contributed by atoms with E-state index < -0.39 is 17.4 Å². The molecule has 104 valence electrons. The van der Waals surface area contributed by atoms with E-state index >= 15 is 0 Å². The summed E-state index contributed by atoms with van der Waals surface area (Å²) in [4.78, 5) is 23.3. The Morgan fingerprint density at radius 2 is 2.21 bits per heavy atom. The predicted octanol–water partition coefficient (Wildman–Crippen LogP) is 0.948. The summed E-state index contributed by atoms with van der Waals surface area (Å²) in [6, 6.07) is 1.45. The molecule has 1 aromatic rings. The molecule has 1 aliphatic rings. The van der Waals surface area contributed by atoms with Gasteiger partial charge in [0.2, 0.25) is 0 Å². The minimum absolute atomic E-state index is 0.0691. The van der Waals surface area contributed by atoms with Crippen molar-refractivity contribution in [3.8, 4) is 0 Å². The van der Waals surface area contributed by atoms with Crippen molar-refractivity contribution in [1.29, 1.82) is 0 Å². The van der Waals surface area contributed by atoms with Crippen molar-refractivity contribution in [1.82, 2.24) is 10.5 Å². The molecule has 7 heteroatoms. The van der Waals surface area contributed by atoms with Crippen molar-refractivity contribution in [2.75, 3.05) is 7.11 Å². The van der Waals surface area contributed by atoms with Crippen molar-refractivity contribution in [3.63, 3.8) is 0 Å². The van der Waals surface area contributed by atoms with Crippen LogP contribution in [0.15, 0.2) is 10.6 Å². The lowest BCUT2D eigenvalue weighted by Gasteiger charge is -2.24. The van der Waals surface area contributed by atoms with E-state index in [2.05, 4.69) is 10.5 Å². The first-order valence-electron chi connectivity index (χ1n) is 6.08. The second-order valence-electron chi connectivity index (χ2n) is 4.66. The number of nitrogens with one attached hydrogen (secondary N) is 1. The van der Waals surface area contributed by atoms with E-state index in [4.69, 9.17) is 9.26 Å². The fourth-order valence-corrected chi connectivity index (χ4v) is 2.28. The van der Waals surface area contributed by atoms with Crippen LogP contribution in [0.3, 0.4) is 0 Å². The number of nitrogens with zero attached hydrogens (tertiary/aromatic N) is 1. The predicted molar refractivity (Wildman–Crippen MR) is 63.5 cm³/mol. The highest BCUT2D eigenvalue weighted by atomic mass is 16.5. The van der Waals surface area contributed by atoms with Crippen LogP contribution in [0.5, 0.6) is 0 Å². The number of aliphatic carboxylic acids is 1. The molecule has 7 nitrogen and oxygen atoms in total. The first kappa shape index (κ1) is 13.5. The number of hydrogen-bond acceptors (Lipinski definition) is 5. The fraction of sp³-hybridized carbons (Fsp3) is 0.583. The van der Waals surface area contributed by atoms with Gasteiger partial charge in [-0.2, -0.15) is 0 Å². The summed E-state index contributed by atoms with van der Waals surface area (Å²) in [5.74, 6) is -1.11. The van der Waals surface area contributed by atoms with Gasteiger partial charge >= 0.3 is 5.97 Å². The van der Waals surface area contributed by atoms with Crippen LogP contribution in [0, 0.1) is 0 Å². The summed E-state index contributed by atoms with van der Waals surface area (Å²) in [5.41, 5.74) is -1.10. The van der Waals surface area contributed by atoms with Crippen LogP contribution in [0.25, 0.3) is 0 Å². The molecule has 1 heterocycles. The molecule has 1 aromatic heterocycles. The monoisotopic (exact) mass is 268 g/mol. The number of carbonyl (C=O) groups is 2.